The van der Waals surface area contributed by atoms with E-state index in [0.717, 1.165) is 52.0 Å². The highest BCUT2D eigenvalue weighted by molar-refractivity contribution is 5.79. The Bertz CT molecular complexity index is 415. The van der Waals surface area contributed by atoms with E-state index >= 15 is 0 Å². The van der Waals surface area contributed by atoms with Crippen LogP contribution in [-0.2, 0) is 9.59 Å². The number of carbonyl (C=O) groups excluding carboxylic acids is 2. The molecule has 0 aliphatic carbocycles. The van der Waals surface area contributed by atoms with E-state index in [4.69, 9.17) is 0 Å². The van der Waals surface area contributed by atoms with E-state index in [2.05, 4.69) is 29.1 Å². The minimum atomic E-state index is 0.000886. The Morgan fingerprint density at radius 1 is 1.13 bits per heavy atom. The average Bonchev–Trinajstić information content (AvgIpc) is 2.75. The maximum Gasteiger partial charge on any atom is 0.236 e. The van der Waals surface area contributed by atoms with Crippen molar-refractivity contribution in [2.75, 3.05) is 52.9 Å². The number of likely N-dealkylation sites (N-methyl/N-ethyl adjacent to an activating group) is 1. The van der Waals surface area contributed by atoms with Crippen LogP contribution >= 0.6 is 0 Å². The molecule has 0 saturated carbocycles. The fraction of sp³-hybridized carbons (Fsp3) is 0.882. The van der Waals surface area contributed by atoms with Gasteiger partial charge in [-0.15, -0.1) is 0 Å². The topological polar surface area (TPSA) is 55.9 Å². The molecule has 0 spiro atoms. The van der Waals surface area contributed by atoms with Gasteiger partial charge in [0.25, 0.3) is 0 Å². The number of likely N-dealkylation sites (tertiary alicyclic amines) is 1. The summed E-state index contributed by atoms with van der Waals surface area (Å²) in [4.78, 5) is 30.6. The third-order valence-electron chi connectivity index (χ3n) is 5.01. The average molecular weight is 324 g/mol. The van der Waals surface area contributed by atoms with E-state index in [0.29, 0.717) is 19.0 Å². The zero-order valence-corrected chi connectivity index (χ0v) is 14.9. The molecule has 2 amide bonds. The number of hydrogen-bond donors (Lipinski definition) is 1. The summed E-state index contributed by atoms with van der Waals surface area (Å²) < 4.78 is 0. The smallest absolute Gasteiger partial charge is 0.236 e. The first-order valence-electron chi connectivity index (χ1n) is 8.95. The fourth-order valence-corrected chi connectivity index (χ4v) is 3.71. The first-order chi connectivity index (χ1) is 11.0. The molecule has 0 aromatic rings. The van der Waals surface area contributed by atoms with Crippen LogP contribution in [0.1, 0.15) is 33.1 Å². The van der Waals surface area contributed by atoms with E-state index in [1.807, 2.05) is 4.90 Å². The molecule has 2 heterocycles. The van der Waals surface area contributed by atoms with Crippen molar-refractivity contribution in [3.8, 4) is 0 Å². The first-order valence-corrected chi connectivity index (χ1v) is 8.95. The lowest BCUT2D eigenvalue weighted by Crippen LogP contribution is -2.43. The molecule has 2 saturated heterocycles. The van der Waals surface area contributed by atoms with Crippen LogP contribution in [-0.4, -0.2) is 85.4 Å². The molecule has 0 unspecified atom stereocenters. The third kappa shape index (κ3) is 5.46. The fourth-order valence-electron chi connectivity index (χ4n) is 3.71. The van der Waals surface area contributed by atoms with Crippen LogP contribution in [0.5, 0.6) is 0 Å². The lowest BCUT2D eigenvalue weighted by molar-refractivity contribution is -0.131. The van der Waals surface area contributed by atoms with E-state index in [-0.39, 0.29) is 17.9 Å². The molecule has 6 nitrogen and oxygen atoms in total. The lowest BCUT2D eigenvalue weighted by atomic mass is 9.98. The van der Waals surface area contributed by atoms with Crippen molar-refractivity contribution in [2.45, 2.75) is 39.2 Å². The van der Waals surface area contributed by atoms with Crippen LogP contribution in [0.25, 0.3) is 0 Å². The molecule has 2 atom stereocenters. The molecule has 0 bridgehead atoms. The monoisotopic (exact) mass is 324 g/mol. The number of carbonyl (C=O) groups is 2. The third-order valence-corrected chi connectivity index (χ3v) is 5.01. The lowest BCUT2D eigenvalue weighted by Gasteiger charge is -2.23. The summed E-state index contributed by atoms with van der Waals surface area (Å²) in [6.07, 6.45) is 3.27. The van der Waals surface area contributed by atoms with E-state index in [1.165, 1.54) is 0 Å². The van der Waals surface area contributed by atoms with Gasteiger partial charge in [-0.25, -0.2) is 0 Å². The van der Waals surface area contributed by atoms with Gasteiger partial charge in [0.15, 0.2) is 0 Å². The predicted molar refractivity (Wildman–Crippen MR) is 91.1 cm³/mol. The largest absolute Gasteiger partial charge is 0.351 e. The summed E-state index contributed by atoms with van der Waals surface area (Å²) in [5, 5.41) is 3.03. The molecule has 2 aliphatic rings. The molecule has 0 aromatic heterocycles. The highest BCUT2D eigenvalue weighted by Gasteiger charge is 2.35. The van der Waals surface area contributed by atoms with Crippen molar-refractivity contribution >= 4 is 11.8 Å². The Balaban J connectivity index is 1.87. The molecule has 132 valence electrons. The maximum absolute atomic E-state index is 12.6. The van der Waals surface area contributed by atoms with Gasteiger partial charge >= 0.3 is 0 Å². The number of nitrogens with one attached hydrogen (secondary N) is 1. The summed E-state index contributed by atoms with van der Waals surface area (Å²) in [6.45, 7) is 9.77. The minimum absolute atomic E-state index is 0.000886. The van der Waals surface area contributed by atoms with Gasteiger partial charge in [-0.3, -0.25) is 14.5 Å². The van der Waals surface area contributed by atoms with Crippen molar-refractivity contribution in [3.63, 3.8) is 0 Å². The van der Waals surface area contributed by atoms with E-state index in [9.17, 15) is 9.59 Å². The molecular weight excluding hydrogens is 292 g/mol. The zero-order chi connectivity index (χ0) is 16.8. The van der Waals surface area contributed by atoms with Crippen molar-refractivity contribution in [3.05, 3.63) is 0 Å². The summed E-state index contributed by atoms with van der Waals surface area (Å²) in [6, 6.07) is 0.117. The van der Waals surface area contributed by atoms with Gasteiger partial charge in [0.05, 0.1) is 12.6 Å². The molecule has 23 heavy (non-hydrogen) atoms. The van der Waals surface area contributed by atoms with Gasteiger partial charge in [-0.2, -0.15) is 0 Å². The molecule has 2 rings (SSSR count). The van der Waals surface area contributed by atoms with Gasteiger partial charge in [-0.05, 0) is 38.9 Å². The van der Waals surface area contributed by atoms with E-state index < -0.39 is 0 Å². The van der Waals surface area contributed by atoms with Crippen LogP contribution in [0.2, 0.25) is 0 Å². The second-order valence-corrected chi connectivity index (χ2v) is 7.09. The zero-order valence-electron chi connectivity index (χ0n) is 14.9. The highest BCUT2D eigenvalue weighted by atomic mass is 16.2. The van der Waals surface area contributed by atoms with Gasteiger partial charge in [0.1, 0.15) is 0 Å². The van der Waals surface area contributed by atoms with Crippen LogP contribution in [0.4, 0.5) is 0 Å². The van der Waals surface area contributed by atoms with Crippen LogP contribution < -0.4 is 5.32 Å². The van der Waals surface area contributed by atoms with Crippen molar-refractivity contribution in [2.24, 2.45) is 5.92 Å². The van der Waals surface area contributed by atoms with Gasteiger partial charge in [-0.1, -0.05) is 13.3 Å². The Labute approximate surface area is 140 Å². The standard InChI is InChI=1S/C17H32N4O2/c1-4-6-15-11-21(12-16(15)18-14(2)22)17(23)13-20-8-5-7-19(3)9-10-20/h15-16H,4-13H2,1-3H3,(H,18,22)/t15-,16-/m0/s1. The molecule has 1 N–H and O–H groups in total. The minimum Gasteiger partial charge on any atom is -0.351 e. The second kappa shape index (κ2) is 8.64. The quantitative estimate of drug-likeness (QED) is 0.795. The van der Waals surface area contributed by atoms with Crippen molar-refractivity contribution in [1.82, 2.24) is 20.0 Å². The molecule has 0 radical (unpaired) electrons. The second-order valence-electron chi connectivity index (χ2n) is 7.09. The van der Waals surface area contributed by atoms with Crippen LogP contribution in [0, 0.1) is 5.92 Å². The Hall–Kier alpha value is -1.14. The number of amides is 2. The first kappa shape index (κ1) is 18.2. The number of rotatable bonds is 5. The highest BCUT2D eigenvalue weighted by Crippen LogP contribution is 2.22. The van der Waals surface area contributed by atoms with Gasteiger partial charge in [0.2, 0.25) is 11.8 Å². The maximum atomic E-state index is 12.6. The Kier molecular flexibility index (Phi) is 6.84. The van der Waals surface area contributed by atoms with Crippen LogP contribution in [0.3, 0.4) is 0 Å². The number of nitrogens with zero attached hydrogens (tertiary/aromatic N) is 3. The summed E-state index contributed by atoms with van der Waals surface area (Å²) >= 11 is 0. The van der Waals surface area contributed by atoms with Crippen LogP contribution in [0.15, 0.2) is 0 Å². The molecule has 6 heteroatoms. The SMILES string of the molecule is CCC[C@H]1CN(C(=O)CN2CCCN(C)CC2)C[C@@H]1NC(C)=O. The Morgan fingerprint density at radius 3 is 2.61 bits per heavy atom. The van der Waals surface area contributed by atoms with Crippen molar-refractivity contribution < 1.29 is 9.59 Å². The van der Waals surface area contributed by atoms with Gasteiger partial charge in [0, 0.05) is 33.1 Å². The molecule has 2 aliphatic heterocycles. The normalized spacial score (nSPS) is 27.0. The van der Waals surface area contributed by atoms with E-state index in [1.54, 1.807) is 6.92 Å². The predicted octanol–water partition coefficient (Wildman–Crippen LogP) is 0.387. The Morgan fingerprint density at radius 2 is 1.91 bits per heavy atom. The molecule has 2 fully saturated rings. The summed E-state index contributed by atoms with van der Waals surface area (Å²) in [7, 11) is 2.14. The van der Waals surface area contributed by atoms with Crippen molar-refractivity contribution in [1.29, 1.82) is 0 Å². The van der Waals surface area contributed by atoms with Gasteiger partial charge < -0.3 is 15.1 Å². The number of hydrogen-bond acceptors (Lipinski definition) is 4. The summed E-state index contributed by atoms with van der Waals surface area (Å²) in [5.41, 5.74) is 0. The molecule has 0 aromatic carbocycles. The summed E-state index contributed by atoms with van der Waals surface area (Å²) in [5.74, 6) is 0.604. The molecular formula is C17H32N4O2.